The van der Waals surface area contributed by atoms with Gasteiger partial charge in [-0.2, -0.15) is 0 Å². The monoisotopic (exact) mass is 505 g/mol. The van der Waals surface area contributed by atoms with E-state index in [0.29, 0.717) is 23.2 Å². The molecule has 3 nitrogen and oxygen atoms in total. The Kier molecular flexibility index (Phi) is 8.46. The van der Waals surface area contributed by atoms with E-state index in [1.165, 1.54) is 76.2 Å². The highest BCUT2D eigenvalue weighted by Crippen LogP contribution is 2.68. The molecule has 0 saturated heterocycles. The standard InChI is InChI=1S/C34H51NO2/c1-4-5-6-7-8-9-10-13-32(36)37-27-18-20-33(2)26(23-27)14-15-28-30-17-16-29(25-12-11-22-35-24-25)34(30,3)21-19-31(28)33/h11-12,14,22,24,27-31H,4-10,13,15-21,23H2,1-3H3/t27-,28-,29?,30?,31?,33-,34+/m0/s1. The summed E-state index contributed by atoms with van der Waals surface area (Å²) >= 11 is 0. The smallest absolute Gasteiger partial charge is 0.306 e. The normalized spacial score (nSPS) is 36.7. The molecule has 3 saturated carbocycles. The third kappa shape index (κ3) is 5.44. The summed E-state index contributed by atoms with van der Waals surface area (Å²) in [6, 6.07) is 4.43. The summed E-state index contributed by atoms with van der Waals surface area (Å²) in [6.07, 6.45) is 25.8. The van der Waals surface area contributed by atoms with Gasteiger partial charge in [0.1, 0.15) is 6.10 Å². The van der Waals surface area contributed by atoms with E-state index in [4.69, 9.17) is 4.74 Å². The number of rotatable bonds is 10. The van der Waals surface area contributed by atoms with E-state index in [9.17, 15) is 4.79 Å². The molecule has 37 heavy (non-hydrogen) atoms. The van der Waals surface area contributed by atoms with Crippen LogP contribution in [0.5, 0.6) is 0 Å². The Hall–Kier alpha value is -1.64. The van der Waals surface area contributed by atoms with E-state index in [-0.39, 0.29) is 12.1 Å². The molecule has 0 spiro atoms. The molecule has 1 heterocycles. The summed E-state index contributed by atoms with van der Waals surface area (Å²) in [4.78, 5) is 17.0. The van der Waals surface area contributed by atoms with Crippen molar-refractivity contribution in [1.82, 2.24) is 4.98 Å². The van der Waals surface area contributed by atoms with Crippen LogP contribution in [0.15, 0.2) is 36.2 Å². The number of hydrogen-bond acceptors (Lipinski definition) is 3. The molecule has 4 aliphatic carbocycles. The van der Waals surface area contributed by atoms with Crippen molar-refractivity contribution in [2.75, 3.05) is 0 Å². The van der Waals surface area contributed by atoms with Crippen LogP contribution in [0.3, 0.4) is 0 Å². The first-order valence-corrected chi connectivity index (χ1v) is 15.7. The average Bonchev–Trinajstić information content (AvgIpc) is 3.26. The van der Waals surface area contributed by atoms with E-state index in [1.54, 1.807) is 5.57 Å². The third-order valence-corrected chi connectivity index (χ3v) is 11.4. The fourth-order valence-corrected chi connectivity index (χ4v) is 9.33. The van der Waals surface area contributed by atoms with Crippen LogP contribution in [0, 0.1) is 28.6 Å². The summed E-state index contributed by atoms with van der Waals surface area (Å²) in [6.45, 7) is 7.41. The van der Waals surface area contributed by atoms with E-state index < -0.39 is 0 Å². The van der Waals surface area contributed by atoms with Crippen molar-refractivity contribution in [2.24, 2.45) is 28.6 Å². The Morgan fingerprint density at radius 1 is 1.00 bits per heavy atom. The lowest BCUT2D eigenvalue weighted by Gasteiger charge is -2.58. The van der Waals surface area contributed by atoms with Crippen molar-refractivity contribution in [2.45, 2.75) is 136 Å². The molecular weight excluding hydrogens is 454 g/mol. The lowest BCUT2D eigenvalue weighted by Crippen LogP contribution is -2.50. The maximum atomic E-state index is 12.6. The zero-order valence-electron chi connectivity index (χ0n) is 23.9. The first-order valence-electron chi connectivity index (χ1n) is 15.7. The summed E-state index contributed by atoms with van der Waals surface area (Å²) in [5.41, 5.74) is 3.79. The Labute approximate surface area is 226 Å². The highest BCUT2D eigenvalue weighted by Gasteiger charge is 2.58. The molecule has 3 heteroatoms. The second-order valence-electron chi connectivity index (χ2n) is 13.4. The maximum Gasteiger partial charge on any atom is 0.306 e. The number of aromatic nitrogens is 1. The molecule has 5 rings (SSSR count). The van der Waals surface area contributed by atoms with Crippen molar-refractivity contribution < 1.29 is 9.53 Å². The molecule has 204 valence electrons. The van der Waals surface area contributed by atoms with Crippen molar-refractivity contribution in [3.63, 3.8) is 0 Å². The van der Waals surface area contributed by atoms with Crippen LogP contribution >= 0.6 is 0 Å². The SMILES string of the molecule is CCCCCCCCCC(=O)O[C@H]1CC[C@@]2(C)C(=CC[C@H]3C4CCC(c5cccnc5)[C@@]4(C)CCC32)C1. The average molecular weight is 506 g/mol. The van der Waals surface area contributed by atoms with E-state index in [1.807, 2.05) is 6.20 Å². The van der Waals surface area contributed by atoms with Crippen LogP contribution in [-0.2, 0) is 9.53 Å². The summed E-state index contributed by atoms with van der Waals surface area (Å²) in [7, 11) is 0. The number of esters is 1. The molecule has 3 unspecified atom stereocenters. The van der Waals surface area contributed by atoms with Crippen molar-refractivity contribution in [3.8, 4) is 0 Å². The zero-order chi connectivity index (χ0) is 25.9. The van der Waals surface area contributed by atoms with Gasteiger partial charge < -0.3 is 4.74 Å². The fourth-order valence-electron chi connectivity index (χ4n) is 9.33. The maximum absolute atomic E-state index is 12.6. The van der Waals surface area contributed by atoms with Gasteiger partial charge in [0.15, 0.2) is 0 Å². The van der Waals surface area contributed by atoms with Gasteiger partial charge >= 0.3 is 5.97 Å². The number of pyridine rings is 1. The van der Waals surface area contributed by atoms with Crippen LogP contribution in [0.1, 0.15) is 135 Å². The topological polar surface area (TPSA) is 39.2 Å². The minimum Gasteiger partial charge on any atom is -0.462 e. The van der Waals surface area contributed by atoms with Gasteiger partial charge in [-0.15, -0.1) is 0 Å². The van der Waals surface area contributed by atoms with Crippen LogP contribution in [-0.4, -0.2) is 17.1 Å². The molecule has 4 aliphatic rings. The van der Waals surface area contributed by atoms with Crippen LogP contribution in [0.4, 0.5) is 0 Å². The second-order valence-corrected chi connectivity index (χ2v) is 13.4. The summed E-state index contributed by atoms with van der Waals surface area (Å²) in [5, 5.41) is 0. The number of nitrogens with zero attached hydrogens (tertiary/aromatic N) is 1. The number of unbranched alkanes of at least 4 members (excludes halogenated alkanes) is 6. The van der Waals surface area contributed by atoms with E-state index >= 15 is 0 Å². The fraction of sp³-hybridized carbons (Fsp3) is 0.765. The van der Waals surface area contributed by atoms with Gasteiger partial charge in [0, 0.05) is 25.2 Å². The second kappa shape index (κ2) is 11.6. The Morgan fingerprint density at radius 2 is 1.81 bits per heavy atom. The number of carbonyl (C=O) groups is 1. The molecule has 0 aromatic carbocycles. The minimum absolute atomic E-state index is 0.0391. The zero-order valence-corrected chi connectivity index (χ0v) is 23.9. The van der Waals surface area contributed by atoms with Crippen LogP contribution in [0.2, 0.25) is 0 Å². The van der Waals surface area contributed by atoms with Crippen molar-refractivity contribution in [1.29, 1.82) is 0 Å². The number of allylic oxidation sites excluding steroid dienone is 1. The molecule has 0 radical (unpaired) electrons. The first kappa shape index (κ1) is 26.9. The van der Waals surface area contributed by atoms with E-state index in [2.05, 4.69) is 50.2 Å². The van der Waals surface area contributed by atoms with Gasteiger partial charge in [-0.25, -0.2) is 0 Å². The quantitative estimate of drug-likeness (QED) is 0.181. The number of ether oxygens (including phenoxy) is 1. The summed E-state index contributed by atoms with van der Waals surface area (Å²) < 4.78 is 6.03. The van der Waals surface area contributed by atoms with Crippen LogP contribution < -0.4 is 0 Å². The van der Waals surface area contributed by atoms with Gasteiger partial charge in [0.2, 0.25) is 0 Å². The molecule has 7 atom stereocenters. The number of carbonyl (C=O) groups excluding carboxylic acids is 1. The van der Waals surface area contributed by atoms with E-state index in [0.717, 1.165) is 43.4 Å². The summed E-state index contributed by atoms with van der Waals surface area (Å²) in [5.74, 6) is 3.13. The molecule has 0 bridgehead atoms. The Bertz CT molecular complexity index is 940. The third-order valence-electron chi connectivity index (χ3n) is 11.4. The Morgan fingerprint density at radius 3 is 2.59 bits per heavy atom. The molecule has 0 amide bonds. The van der Waals surface area contributed by atoms with Gasteiger partial charge in [-0.1, -0.05) is 77.0 Å². The molecule has 0 N–H and O–H groups in total. The van der Waals surface area contributed by atoms with Crippen LogP contribution in [0.25, 0.3) is 0 Å². The predicted molar refractivity (Wildman–Crippen MR) is 151 cm³/mol. The lowest BCUT2D eigenvalue weighted by molar-refractivity contribution is -0.151. The minimum atomic E-state index is 0.0391. The largest absolute Gasteiger partial charge is 0.462 e. The first-order chi connectivity index (χ1) is 18.0. The molecule has 3 fully saturated rings. The highest BCUT2D eigenvalue weighted by atomic mass is 16.5. The number of hydrogen-bond donors (Lipinski definition) is 0. The van der Waals surface area contributed by atoms with Gasteiger partial charge in [0.25, 0.3) is 0 Å². The Balaban J connectivity index is 1.16. The lowest BCUT2D eigenvalue weighted by atomic mass is 9.47. The predicted octanol–water partition coefficient (Wildman–Crippen LogP) is 9.18. The molecular formula is C34H51NO2. The highest BCUT2D eigenvalue weighted by molar-refractivity contribution is 5.69. The molecule has 0 aliphatic heterocycles. The van der Waals surface area contributed by atoms with Gasteiger partial charge in [-0.3, -0.25) is 9.78 Å². The molecule has 1 aromatic rings. The molecule has 1 aromatic heterocycles. The van der Waals surface area contributed by atoms with Crippen molar-refractivity contribution >= 4 is 5.97 Å². The van der Waals surface area contributed by atoms with Gasteiger partial charge in [0.05, 0.1) is 0 Å². The van der Waals surface area contributed by atoms with Crippen molar-refractivity contribution in [3.05, 3.63) is 41.7 Å². The van der Waals surface area contributed by atoms with Gasteiger partial charge in [-0.05, 0) is 97.5 Å². The number of fused-ring (bicyclic) bond motifs is 5.